The standard InChI is InChI=1S/C19H24F2N2S/c1-23-9-3-6-13(23)10-16-15-11-14(24-19(20)21)7-8-17(15)22-18(16)12-4-2-5-12/h7-8,11-13,19,22H,2-6,9-10H2,1H3/t13-/m1/s1/i1D3. The number of hydrogen-bond acceptors (Lipinski definition) is 2. The first-order chi connectivity index (χ1) is 12.8. The molecule has 0 spiro atoms. The lowest BCUT2D eigenvalue weighted by molar-refractivity contribution is 0.252. The van der Waals surface area contributed by atoms with Gasteiger partial charge in [0.2, 0.25) is 0 Å². The van der Waals surface area contributed by atoms with Crippen molar-refractivity contribution in [2.24, 2.45) is 0 Å². The number of hydrogen-bond donors (Lipinski definition) is 1. The molecule has 0 unspecified atom stereocenters. The van der Waals surface area contributed by atoms with Gasteiger partial charge in [0.15, 0.2) is 0 Å². The van der Waals surface area contributed by atoms with Gasteiger partial charge in [-0.15, -0.1) is 0 Å². The highest BCUT2D eigenvalue weighted by Crippen LogP contribution is 2.42. The molecule has 1 aliphatic heterocycles. The molecule has 0 amide bonds. The average Bonchev–Trinajstić information content (AvgIpc) is 3.11. The third-order valence-electron chi connectivity index (χ3n) is 5.47. The van der Waals surface area contributed by atoms with E-state index in [-0.39, 0.29) is 6.04 Å². The Bertz CT molecular complexity index is 817. The van der Waals surface area contributed by atoms with Crippen molar-refractivity contribution < 1.29 is 12.9 Å². The van der Waals surface area contributed by atoms with Crippen LogP contribution < -0.4 is 0 Å². The lowest BCUT2D eigenvalue weighted by Gasteiger charge is -2.27. The molecule has 2 heterocycles. The van der Waals surface area contributed by atoms with Crippen molar-refractivity contribution in [3.63, 3.8) is 0 Å². The number of benzene rings is 1. The van der Waals surface area contributed by atoms with Crippen LogP contribution in [0.15, 0.2) is 23.1 Å². The Hall–Kier alpha value is -1.07. The van der Waals surface area contributed by atoms with E-state index in [0.717, 1.165) is 42.1 Å². The molecule has 2 nitrogen and oxygen atoms in total. The summed E-state index contributed by atoms with van der Waals surface area (Å²) in [5.74, 6) is -1.97. The largest absolute Gasteiger partial charge is 0.358 e. The molecule has 130 valence electrons. The Morgan fingerprint density at radius 3 is 2.92 bits per heavy atom. The lowest BCUT2D eigenvalue weighted by Crippen LogP contribution is -2.27. The summed E-state index contributed by atoms with van der Waals surface area (Å²) in [4.78, 5) is 5.70. The molecular formula is C19H24F2N2S. The van der Waals surface area contributed by atoms with Gasteiger partial charge in [0.25, 0.3) is 5.76 Å². The first kappa shape index (κ1) is 13.2. The topological polar surface area (TPSA) is 19.0 Å². The zero-order chi connectivity index (χ0) is 19.2. The predicted octanol–water partition coefficient (Wildman–Crippen LogP) is 5.39. The Kier molecular flexibility index (Phi) is 3.67. The minimum absolute atomic E-state index is 0.0262. The van der Waals surface area contributed by atoms with Gasteiger partial charge in [-0.25, -0.2) is 0 Å². The van der Waals surface area contributed by atoms with Gasteiger partial charge < -0.3 is 9.88 Å². The quantitative estimate of drug-likeness (QED) is 0.727. The van der Waals surface area contributed by atoms with Crippen molar-refractivity contribution in [2.75, 3.05) is 13.5 Å². The fraction of sp³-hybridized carbons (Fsp3) is 0.579. The normalized spacial score (nSPS) is 25.0. The van der Waals surface area contributed by atoms with E-state index in [1.165, 1.54) is 12.1 Å². The molecule has 2 fully saturated rings. The van der Waals surface area contributed by atoms with Crippen molar-refractivity contribution in [3.8, 4) is 0 Å². The maximum atomic E-state index is 12.8. The fourth-order valence-corrected chi connectivity index (χ4v) is 4.51. The van der Waals surface area contributed by atoms with Gasteiger partial charge in [-0.3, -0.25) is 0 Å². The van der Waals surface area contributed by atoms with E-state index in [4.69, 9.17) is 4.11 Å². The predicted molar refractivity (Wildman–Crippen MR) is 96.1 cm³/mol. The molecule has 5 heteroatoms. The van der Waals surface area contributed by atoms with E-state index in [1.807, 2.05) is 12.1 Å². The molecule has 1 saturated carbocycles. The highest BCUT2D eigenvalue weighted by atomic mass is 32.2. The second-order valence-corrected chi connectivity index (χ2v) is 7.99. The van der Waals surface area contributed by atoms with Crippen LogP contribution in [0.1, 0.15) is 53.4 Å². The van der Waals surface area contributed by atoms with E-state index in [2.05, 4.69) is 4.98 Å². The smallest absolute Gasteiger partial charge is 0.288 e. The zero-order valence-electron chi connectivity index (χ0n) is 16.5. The summed E-state index contributed by atoms with van der Waals surface area (Å²) >= 11 is 0.559. The van der Waals surface area contributed by atoms with Crippen molar-refractivity contribution in [3.05, 3.63) is 29.5 Å². The molecular weight excluding hydrogens is 326 g/mol. The number of rotatable bonds is 5. The molecule has 1 N–H and O–H groups in total. The molecule has 2 aliphatic rings. The number of H-pyrrole nitrogens is 1. The van der Waals surface area contributed by atoms with Crippen LogP contribution >= 0.6 is 11.8 Å². The molecule has 0 bridgehead atoms. The summed E-state index contributed by atoms with van der Waals surface area (Å²) in [6.07, 6.45) is 5.87. The number of aromatic amines is 1. The van der Waals surface area contributed by atoms with Crippen LogP contribution in [0.2, 0.25) is 0 Å². The summed E-state index contributed by atoms with van der Waals surface area (Å²) in [5.41, 5.74) is 3.28. The van der Waals surface area contributed by atoms with Gasteiger partial charge in [-0.2, -0.15) is 8.78 Å². The van der Waals surface area contributed by atoms with Crippen LogP contribution in [-0.2, 0) is 6.42 Å². The van der Waals surface area contributed by atoms with Crippen LogP contribution in [0.3, 0.4) is 0 Å². The Morgan fingerprint density at radius 2 is 2.21 bits per heavy atom. The van der Waals surface area contributed by atoms with E-state index in [9.17, 15) is 8.78 Å². The molecule has 4 rings (SSSR count). The zero-order valence-corrected chi connectivity index (χ0v) is 14.3. The summed E-state index contributed by atoms with van der Waals surface area (Å²) in [7, 11) is 0. The number of likely N-dealkylation sites (tertiary alicyclic amines) is 1. The van der Waals surface area contributed by atoms with Gasteiger partial charge in [-0.05, 0) is 75.3 Å². The summed E-state index contributed by atoms with van der Waals surface area (Å²) in [6, 6.07) is 5.42. The Morgan fingerprint density at radius 1 is 1.33 bits per heavy atom. The van der Waals surface area contributed by atoms with Crippen molar-refractivity contribution in [1.82, 2.24) is 9.88 Å². The number of thioether (sulfide) groups is 1. The number of fused-ring (bicyclic) bond motifs is 1. The minimum Gasteiger partial charge on any atom is -0.358 e. The second-order valence-electron chi connectivity index (χ2n) is 6.92. The molecule has 1 atom stereocenters. The maximum absolute atomic E-state index is 12.8. The fourth-order valence-electron chi connectivity index (χ4n) is 3.97. The molecule has 1 aliphatic carbocycles. The highest BCUT2D eigenvalue weighted by molar-refractivity contribution is 7.99. The van der Waals surface area contributed by atoms with Crippen LogP contribution in [0.5, 0.6) is 0 Å². The van der Waals surface area contributed by atoms with Crippen LogP contribution in [0.25, 0.3) is 10.9 Å². The van der Waals surface area contributed by atoms with Crippen LogP contribution in [-0.4, -0.2) is 35.2 Å². The van der Waals surface area contributed by atoms with Gasteiger partial charge in [-0.1, -0.05) is 18.2 Å². The van der Waals surface area contributed by atoms with Crippen LogP contribution in [0, 0.1) is 0 Å². The SMILES string of the molecule is [2H]C([2H])([2H])N1CCC[C@@H]1Cc1c(C2CCC2)[nH]c2ccc(SC(F)F)cc12. The highest BCUT2D eigenvalue weighted by Gasteiger charge is 2.29. The molecule has 2 aromatic rings. The number of likely N-dealkylation sites (N-methyl/N-ethyl adjacent to an activating group) is 1. The van der Waals surface area contributed by atoms with E-state index in [0.29, 0.717) is 35.5 Å². The average molecular weight is 353 g/mol. The van der Waals surface area contributed by atoms with Gasteiger partial charge in [0.1, 0.15) is 0 Å². The van der Waals surface area contributed by atoms with Gasteiger partial charge >= 0.3 is 0 Å². The monoisotopic (exact) mass is 353 g/mol. The van der Waals surface area contributed by atoms with Gasteiger partial charge in [0, 0.05) is 31.6 Å². The lowest BCUT2D eigenvalue weighted by atomic mass is 9.80. The molecule has 1 aromatic carbocycles. The Labute approximate surface area is 150 Å². The summed E-state index contributed by atoms with van der Waals surface area (Å²) < 4.78 is 49.1. The van der Waals surface area contributed by atoms with Crippen LogP contribution in [0.4, 0.5) is 8.78 Å². The van der Waals surface area contributed by atoms with Crippen molar-refractivity contribution in [2.45, 2.75) is 61.1 Å². The number of nitrogens with zero attached hydrogens (tertiary/aromatic N) is 1. The molecule has 1 aromatic heterocycles. The van der Waals surface area contributed by atoms with E-state index < -0.39 is 12.7 Å². The molecule has 1 saturated heterocycles. The summed E-state index contributed by atoms with van der Waals surface area (Å²) in [6.45, 7) is -1.49. The molecule has 0 radical (unpaired) electrons. The molecule has 24 heavy (non-hydrogen) atoms. The number of nitrogens with one attached hydrogen (secondary N) is 1. The van der Waals surface area contributed by atoms with E-state index in [1.54, 1.807) is 11.0 Å². The maximum Gasteiger partial charge on any atom is 0.288 e. The summed E-state index contributed by atoms with van der Waals surface area (Å²) in [5, 5.41) is 0.972. The second kappa shape index (κ2) is 6.68. The number of halogens is 2. The van der Waals surface area contributed by atoms with Crippen molar-refractivity contribution in [1.29, 1.82) is 0 Å². The van der Waals surface area contributed by atoms with Gasteiger partial charge in [0.05, 0.1) is 0 Å². The first-order valence-corrected chi connectivity index (χ1v) is 9.57. The third-order valence-corrected chi connectivity index (χ3v) is 6.17. The Balaban J connectivity index is 1.72. The number of alkyl halides is 2. The minimum atomic E-state index is -2.45. The first-order valence-electron chi connectivity index (χ1n) is 10.2. The van der Waals surface area contributed by atoms with E-state index >= 15 is 0 Å². The van der Waals surface area contributed by atoms with Crippen molar-refractivity contribution >= 4 is 22.7 Å². The third kappa shape index (κ3) is 3.08. The number of aromatic nitrogens is 1.